The molecule has 1 heterocycles. The number of non-ortho nitro benzene ring substituents is 1. The Morgan fingerprint density at radius 3 is 2.25 bits per heavy atom. The molecule has 40 heavy (non-hydrogen) atoms. The van der Waals surface area contributed by atoms with Crippen molar-refractivity contribution in [2.75, 3.05) is 13.1 Å². The minimum atomic E-state index is -1.42. The summed E-state index contributed by atoms with van der Waals surface area (Å²) in [4.78, 5) is 50.4. The van der Waals surface area contributed by atoms with E-state index in [-0.39, 0.29) is 36.6 Å². The molecule has 0 aliphatic carbocycles. The van der Waals surface area contributed by atoms with Gasteiger partial charge in [-0.1, -0.05) is 20.8 Å². The molecule has 223 valence electrons. The van der Waals surface area contributed by atoms with Crippen molar-refractivity contribution < 1.29 is 33.2 Å². The lowest BCUT2D eigenvalue weighted by atomic mass is 9.77. The molecule has 0 aromatic heterocycles. The SMILES string of the molecule is C[Si](C)O[C@]1(C(CNC(=O)OCc2ccc([N+](=O)[O-])cc2)CC(N)=O)C[C@H](C(C)(C)C)CN1C(=O)OC(C)(C)C. The molecule has 0 saturated carbocycles. The lowest BCUT2D eigenvalue weighted by molar-refractivity contribution is -0.384. The van der Waals surface area contributed by atoms with E-state index in [4.69, 9.17) is 19.6 Å². The van der Waals surface area contributed by atoms with Gasteiger partial charge in [-0.05, 0) is 69.3 Å². The molecule has 1 aromatic carbocycles. The molecule has 3 N–H and O–H groups in total. The van der Waals surface area contributed by atoms with Crippen molar-refractivity contribution in [3.05, 3.63) is 39.9 Å². The Morgan fingerprint density at radius 1 is 1.18 bits per heavy atom. The Hall–Kier alpha value is -3.19. The summed E-state index contributed by atoms with van der Waals surface area (Å²) in [7, 11) is -1.42. The van der Waals surface area contributed by atoms with Crippen LogP contribution < -0.4 is 11.1 Å². The predicted octanol–water partition coefficient (Wildman–Crippen LogP) is 4.58. The molecule has 2 rings (SSSR count). The van der Waals surface area contributed by atoms with Gasteiger partial charge in [0.2, 0.25) is 14.9 Å². The number of ether oxygens (including phenoxy) is 2. The zero-order valence-electron chi connectivity index (χ0n) is 24.7. The number of carbonyl (C=O) groups is 3. The van der Waals surface area contributed by atoms with Crippen LogP contribution in [0, 0.1) is 27.4 Å². The summed E-state index contributed by atoms with van der Waals surface area (Å²) < 4.78 is 17.7. The van der Waals surface area contributed by atoms with Crippen LogP contribution in [0.4, 0.5) is 15.3 Å². The second kappa shape index (κ2) is 13.0. The number of nitrogens with two attached hydrogens (primary N) is 1. The zero-order chi connectivity index (χ0) is 30.5. The smallest absolute Gasteiger partial charge is 0.412 e. The number of alkyl carbamates (subject to hydrolysis) is 1. The minimum absolute atomic E-state index is 0.0193. The number of hydrogen-bond donors (Lipinski definition) is 2. The van der Waals surface area contributed by atoms with E-state index < -0.39 is 49.3 Å². The van der Waals surface area contributed by atoms with E-state index in [1.807, 2.05) is 13.1 Å². The highest BCUT2D eigenvalue weighted by atomic mass is 28.3. The van der Waals surface area contributed by atoms with Crippen molar-refractivity contribution in [2.24, 2.45) is 23.0 Å². The molecular formula is C27H43N4O8Si. The van der Waals surface area contributed by atoms with Crippen LogP contribution in [0.5, 0.6) is 0 Å². The van der Waals surface area contributed by atoms with Crippen molar-refractivity contribution >= 4 is 32.8 Å². The maximum Gasteiger partial charge on any atom is 0.412 e. The Morgan fingerprint density at radius 2 is 1.77 bits per heavy atom. The van der Waals surface area contributed by atoms with E-state index in [1.54, 1.807) is 25.7 Å². The number of carbonyl (C=O) groups excluding carboxylic acids is 3. The highest BCUT2D eigenvalue weighted by Gasteiger charge is 2.57. The summed E-state index contributed by atoms with van der Waals surface area (Å²) in [5, 5.41) is 13.6. The number of likely N-dealkylation sites (tertiary alicyclic amines) is 1. The fraction of sp³-hybridized carbons (Fsp3) is 0.667. The molecule has 1 radical (unpaired) electrons. The van der Waals surface area contributed by atoms with Gasteiger partial charge < -0.3 is 25.0 Å². The predicted molar refractivity (Wildman–Crippen MR) is 150 cm³/mol. The van der Waals surface area contributed by atoms with Crippen LogP contribution in [0.2, 0.25) is 13.1 Å². The van der Waals surface area contributed by atoms with E-state index in [2.05, 4.69) is 26.1 Å². The second-order valence-electron chi connectivity index (χ2n) is 12.5. The highest BCUT2D eigenvalue weighted by Crippen LogP contribution is 2.48. The summed E-state index contributed by atoms with van der Waals surface area (Å²) in [6, 6.07) is 5.65. The molecule has 13 heteroatoms. The van der Waals surface area contributed by atoms with Crippen molar-refractivity contribution in [1.82, 2.24) is 10.2 Å². The molecule has 1 fully saturated rings. The number of nitro benzene ring substituents is 1. The Balaban J connectivity index is 2.33. The normalized spacial score (nSPS) is 20.2. The first kappa shape index (κ1) is 33.0. The van der Waals surface area contributed by atoms with Crippen LogP contribution >= 0.6 is 0 Å². The Bertz CT molecular complexity index is 1070. The number of hydrogen-bond acceptors (Lipinski definition) is 8. The number of nitrogens with zero attached hydrogens (tertiary/aromatic N) is 2. The Labute approximate surface area is 237 Å². The fourth-order valence-corrected chi connectivity index (χ4v) is 5.77. The van der Waals surface area contributed by atoms with Gasteiger partial charge >= 0.3 is 12.2 Å². The van der Waals surface area contributed by atoms with E-state index >= 15 is 0 Å². The van der Waals surface area contributed by atoms with Crippen LogP contribution in [0.25, 0.3) is 0 Å². The second-order valence-corrected chi connectivity index (χ2v) is 14.5. The summed E-state index contributed by atoms with van der Waals surface area (Å²) >= 11 is 0. The Kier molecular flexibility index (Phi) is 10.7. The monoisotopic (exact) mass is 579 g/mol. The summed E-state index contributed by atoms with van der Waals surface area (Å²) in [6.45, 7) is 15.7. The summed E-state index contributed by atoms with van der Waals surface area (Å²) in [5.74, 6) is -1.26. The van der Waals surface area contributed by atoms with Gasteiger partial charge in [0.05, 0.1) is 4.92 Å². The average Bonchev–Trinajstić information content (AvgIpc) is 3.19. The number of benzene rings is 1. The minimum Gasteiger partial charge on any atom is -0.445 e. The number of nitro groups is 1. The quantitative estimate of drug-likeness (QED) is 0.231. The topological polar surface area (TPSA) is 163 Å². The van der Waals surface area contributed by atoms with Gasteiger partial charge in [-0.2, -0.15) is 0 Å². The number of nitrogens with one attached hydrogen (secondary N) is 1. The van der Waals surface area contributed by atoms with Crippen molar-refractivity contribution in [1.29, 1.82) is 0 Å². The number of primary amides is 1. The molecule has 0 bridgehead atoms. The van der Waals surface area contributed by atoms with Crippen molar-refractivity contribution in [2.45, 2.75) is 85.4 Å². The van der Waals surface area contributed by atoms with Crippen molar-refractivity contribution in [3.8, 4) is 0 Å². The van der Waals surface area contributed by atoms with Gasteiger partial charge in [-0.25, -0.2) is 9.59 Å². The van der Waals surface area contributed by atoms with E-state index in [9.17, 15) is 24.5 Å². The average molecular weight is 580 g/mol. The van der Waals surface area contributed by atoms with Crippen LogP contribution in [0.3, 0.4) is 0 Å². The highest BCUT2D eigenvalue weighted by molar-refractivity contribution is 6.48. The first-order valence-electron chi connectivity index (χ1n) is 13.3. The number of amides is 3. The van der Waals surface area contributed by atoms with Gasteiger partial charge in [0.1, 0.15) is 17.9 Å². The molecule has 0 spiro atoms. The molecule has 12 nitrogen and oxygen atoms in total. The summed E-state index contributed by atoms with van der Waals surface area (Å²) in [6.07, 6.45) is -1.02. The largest absolute Gasteiger partial charge is 0.445 e. The zero-order valence-corrected chi connectivity index (χ0v) is 25.7. The van der Waals surface area contributed by atoms with Gasteiger partial charge in [0.25, 0.3) is 5.69 Å². The molecule has 3 atom stereocenters. The maximum atomic E-state index is 13.5. The lowest BCUT2D eigenvalue weighted by Gasteiger charge is -2.45. The van der Waals surface area contributed by atoms with Crippen LogP contribution in [-0.4, -0.2) is 61.4 Å². The van der Waals surface area contributed by atoms with E-state index in [0.29, 0.717) is 18.5 Å². The first-order chi connectivity index (χ1) is 18.3. The molecular weight excluding hydrogens is 536 g/mol. The van der Waals surface area contributed by atoms with Crippen LogP contribution in [0.1, 0.15) is 59.9 Å². The van der Waals surface area contributed by atoms with Gasteiger partial charge in [0, 0.05) is 37.6 Å². The third kappa shape index (κ3) is 9.19. The van der Waals surface area contributed by atoms with Crippen LogP contribution in [-0.2, 0) is 25.3 Å². The standard InChI is InChI=1S/C27H43N4O8Si/c1-25(2,3)20-14-27(39-40(7)8,30(16-20)24(34)38-26(4,5)6)19(13-22(28)32)15-29-23(33)37-17-18-9-11-21(12-10-18)31(35)36/h9-12,19-20H,13-17H2,1-8H3,(H2,28,32)(H,29,33)/t19?,20-,27-/m0/s1. The third-order valence-corrected chi connectivity index (χ3v) is 7.48. The molecule has 3 amide bonds. The van der Waals surface area contributed by atoms with E-state index in [1.165, 1.54) is 24.3 Å². The first-order valence-corrected chi connectivity index (χ1v) is 15.7. The lowest BCUT2D eigenvalue weighted by Crippen LogP contribution is -2.59. The molecule has 1 aromatic rings. The molecule has 1 aliphatic rings. The maximum absolute atomic E-state index is 13.5. The van der Waals surface area contributed by atoms with Crippen molar-refractivity contribution in [3.63, 3.8) is 0 Å². The van der Waals surface area contributed by atoms with Crippen LogP contribution in [0.15, 0.2) is 24.3 Å². The third-order valence-electron chi connectivity index (χ3n) is 6.71. The van der Waals surface area contributed by atoms with Gasteiger partial charge in [-0.15, -0.1) is 0 Å². The molecule has 1 aliphatic heterocycles. The summed E-state index contributed by atoms with van der Waals surface area (Å²) in [5.41, 5.74) is 3.98. The molecule has 1 saturated heterocycles. The number of rotatable bonds is 10. The van der Waals surface area contributed by atoms with Gasteiger partial charge in [-0.3, -0.25) is 19.8 Å². The van der Waals surface area contributed by atoms with E-state index in [0.717, 1.165) is 0 Å². The molecule has 1 unspecified atom stereocenters. The van der Waals surface area contributed by atoms with Gasteiger partial charge in [0.15, 0.2) is 0 Å². The fourth-order valence-electron chi connectivity index (χ4n) is 4.70.